The monoisotopic (exact) mass is 252 g/mol. The number of carbonyl (C=O) groups excluding carboxylic acids is 1. The van der Waals surface area contributed by atoms with Crippen LogP contribution in [0.2, 0.25) is 5.02 Å². The molecule has 0 aliphatic carbocycles. The summed E-state index contributed by atoms with van der Waals surface area (Å²) >= 11 is 16.5. The number of halogens is 3. The van der Waals surface area contributed by atoms with E-state index in [1.165, 1.54) is 6.07 Å². The van der Waals surface area contributed by atoms with E-state index in [0.717, 1.165) is 0 Å². The summed E-state index contributed by atoms with van der Waals surface area (Å²) in [7, 11) is 0. The molecule has 0 aliphatic rings. The van der Waals surface area contributed by atoms with E-state index in [2.05, 4.69) is 0 Å². The summed E-state index contributed by atoms with van der Waals surface area (Å²) in [6.45, 7) is -0.0333. The average molecular weight is 254 g/mol. The molecule has 0 spiro atoms. The van der Waals surface area contributed by atoms with Gasteiger partial charge in [-0.25, -0.2) is 4.79 Å². The number of ether oxygens (including phenoxy) is 1. The first-order chi connectivity index (χ1) is 6.59. The second-order valence-corrected chi connectivity index (χ2v) is 4.21. The molecule has 0 bridgehead atoms. The van der Waals surface area contributed by atoms with Gasteiger partial charge in [-0.1, -0.05) is 17.7 Å². The van der Waals surface area contributed by atoms with Crippen LogP contribution >= 0.6 is 34.8 Å². The third-order valence-electron chi connectivity index (χ3n) is 1.40. The van der Waals surface area contributed by atoms with Gasteiger partial charge in [0.05, 0.1) is 5.56 Å². The lowest BCUT2D eigenvalue weighted by atomic mass is 10.2. The molecule has 0 fully saturated rings. The van der Waals surface area contributed by atoms with Crippen molar-refractivity contribution < 1.29 is 9.53 Å². The number of benzene rings is 1. The molecule has 0 saturated heterocycles. The Balaban J connectivity index is 2.61. The van der Waals surface area contributed by atoms with Crippen LogP contribution in [0.3, 0.4) is 0 Å². The Morgan fingerprint density at radius 3 is 2.71 bits per heavy atom. The summed E-state index contributed by atoms with van der Waals surface area (Å²) in [6.07, 6.45) is 0. The molecule has 76 valence electrons. The highest BCUT2D eigenvalue weighted by Gasteiger charge is 2.09. The lowest BCUT2D eigenvalue weighted by Gasteiger charge is -2.04. The first kappa shape index (κ1) is 11.6. The maximum atomic E-state index is 11.3. The van der Waals surface area contributed by atoms with Crippen molar-refractivity contribution in [3.8, 4) is 0 Å². The zero-order valence-corrected chi connectivity index (χ0v) is 9.31. The molecule has 0 saturated carbocycles. The highest BCUT2D eigenvalue weighted by atomic mass is 35.5. The molecule has 5 heteroatoms. The summed E-state index contributed by atoms with van der Waals surface area (Å²) in [5, 5.41) is 0.479. The molecule has 1 rings (SSSR count). The fourth-order valence-electron chi connectivity index (χ4n) is 0.837. The fourth-order valence-corrected chi connectivity index (χ4v) is 1.15. The lowest BCUT2D eigenvalue weighted by molar-refractivity contribution is 0.0521. The van der Waals surface area contributed by atoms with Gasteiger partial charge in [-0.2, -0.15) is 0 Å². The maximum Gasteiger partial charge on any atom is 0.338 e. The molecule has 1 aromatic rings. The summed E-state index contributed by atoms with van der Waals surface area (Å²) in [5.41, 5.74) is 0.381. The van der Waals surface area contributed by atoms with Crippen molar-refractivity contribution in [3.63, 3.8) is 0 Å². The van der Waals surface area contributed by atoms with Gasteiger partial charge in [0, 0.05) is 5.02 Å². The van der Waals surface area contributed by atoms with E-state index in [9.17, 15) is 4.79 Å². The van der Waals surface area contributed by atoms with E-state index in [1.54, 1.807) is 18.2 Å². The molecule has 2 nitrogen and oxygen atoms in total. The number of alkyl halides is 2. The molecule has 14 heavy (non-hydrogen) atoms. The topological polar surface area (TPSA) is 26.3 Å². The van der Waals surface area contributed by atoms with Gasteiger partial charge < -0.3 is 4.74 Å². The molecule has 0 radical (unpaired) electrons. The van der Waals surface area contributed by atoms with Crippen molar-refractivity contribution in [2.45, 2.75) is 4.84 Å². The highest BCUT2D eigenvalue weighted by Crippen LogP contribution is 2.12. The minimum atomic E-state index is -0.710. The van der Waals surface area contributed by atoms with E-state index in [1.807, 2.05) is 0 Å². The Bertz CT molecular complexity index is 326. The van der Waals surface area contributed by atoms with Gasteiger partial charge in [0.2, 0.25) is 0 Å². The lowest BCUT2D eigenvalue weighted by Crippen LogP contribution is -2.10. The number of hydrogen-bond acceptors (Lipinski definition) is 2. The van der Waals surface area contributed by atoms with E-state index < -0.39 is 10.8 Å². The van der Waals surface area contributed by atoms with Gasteiger partial charge in [0.1, 0.15) is 11.4 Å². The summed E-state index contributed by atoms with van der Waals surface area (Å²) in [5.74, 6) is -0.487. The molecule has 1 aromatic carbocycles. The van der Waals surface area contributed by atoms with Gasteiger partial charge in [-0.3, -0.25) is 0 Å². The van der Waals surface area contributed by atoms with Crippen LogP contribution in [-0.4, -0.2) is 17.4 Å². The second kappa shape index (κ2) is 5.44. The molecule has 0 N–H and O–H groups in total. The Morgan fingerprint density at radius 2 is 2.14 bits per heavy atom. The van der Waals surface area contributed by atoms with Crippen LogP contribution in [0.15, 0.2) is 24.3 Å². The Kier molecular flexibility index (Phi) is 4.52. The fraction of sp³-hybridized carbons (Fsp3) is 0.222. The first-order valence-electron chi connectivity index (χ1n) is 3.80. The predicted octanol–water partition coefficient (Wildman–Crippen LogP) is 3.30. The zero-order chi connectivity index (χ0) is 10.6. The SMILES string of the molecule is O=C(OCC(Cl)Cl)c1cccc(Cl)c1. The quantitative estimate of drug-likeness (QED) is 0.610. The molecule has 0 amide bonds. The Morgan fingerprint density at radius 1 is 1.43 bits per heavy atom. The van der Waals surface area contributed by atoms with Crippen molar-refractivity contribution in [2.24, 2.45) is 0 Å². The molecular weight excluding hydrogens is 246 g/mol. The van der Waals surface area contributed by atoms with Gasteiger partial charge in [0.25, 0.3) is 0 Å². The van der Waals surface area contributed by atoms with Gasteiger partial charge in [0.15, 0.2) is 0 Å². The Labute approximate surface area is 96.7 Å². The molecule has 0 aliphatic heterocycles. The largest absolute Gasteiger partial charge is 0.459 e. The normalized spacial score (nSPS) is 10.3. The summed E-state index contributed by atoms with van der Waals surface area (Å²) < 4.78 is 4.78. The molecular formula is C9H7Cl3O2. The van der Waals surface area contributed by atoms with Crippen molar-refractivity contribution in [1.29, 1.82) is 0 Å². The minimum absolute atomic E-state index is 0.0333. The van der Waals surface area contributed by atoms with Crippen LogP contribution in [0, 0.1) is 0 Å². The Hall–Kier alpha value is -0.440. The summed E-state index contributed by atoms with van der Waals surface area (Å²) in [4.78, 5) is 10.6. The number of rotatable bonds is 3. The van der Waals surface area contributed by atoms with Gasteiger partial charge >= 0.3 is 5.97 Å². The van der Waals surface area contributed by atoms with Gasteiger partial charge in [-0.05, 0) is 18.2 Å². The highest BCUT2D eigenvalue weighted by molar-refractivity contribution is 6.44. The third kappa shape index (κ3) is 3.74. The van der Waals surface area contributed by atoms with Crippen LogP contribution in [-0.2, 0) is 4.74 Å². The molecule has 0 unspecified atom stereocenters. The maximum absolute atomic E-state index is 11.3. The molecule has 0 aromatic heterocycles. The van der Waals surface area contributed by atoms with E-state index in [-0.39, 0.29) is 6.61 Å². The van der Waals surface area contributed by atoms with Gasteiger partial charge in [-0.15, -0.1) is 23.2 Å². The van der Waals surface area contributed by atoms with E-state index >= 15 is 0 Å². The third-order valence-corrected chi connectivity index (χ3v) is 1.89. The molecule has 0 heterocycles. The number of carbonyl (C=O) groups is 1. The van der Waals surface area contributed by atoms with Crippen molar-refractivity contribution in [1.82, 2.24) is 0 Å². The predicted molar refractivity (Wildman–Crippen MR) is 57.2 cm³/mol. The van der Waals surface area contributed by atoms with E-state index in [4.69, 9.17) is 39.5 Å². The number of esters is 1. The zero-order valence-electron chi connectivity index (χ0n) is 7.04. The average Bonchev–Trinajstić information content (AvgIpc) is 2.14. The summed E-state index contributed by atoms with van der Waals surface area (Å²) in [6, 6.07) is 6.45. The van der Waals surface area contributed by atoms with Crippen LogP contribution < -0.4 is 0 Å². The standard InChI is InChI=1S/C9H7Cl3O2/c10-7-3-1-2-6(4-7)9(13)14-5-8(11)12/h1-4,8H,5H2. The minimum Gasteiger partial charge on any atom is -0.459 e. The van der Waals surface area contributed by atoms with E-state index in [0.29, 0.717) is 10.6 Å². The van der Waals surface area contributed by atoms with Crippen molar-refractivity contribution in [3.05, 3.63) is 34.9 Å². The first-order valence-corrected chi connectivity index (χ1v) is 5.05. The van der Waals surface area contributed by atoms with Crippen LogP contribution in [0.25, 0.3) is 0 Å². The van der Waals surface area contributed by atoms with Crippen LogP contribution in [0.4, 0.5) is 0 Å². The molecule has 0 atom stereocenters. The van der Waals surface area contributed by atoms with Crippen LogP contribution in [0.1, 0.15) is 10.4 Å². The van der Waals surface area contributed by atoms with Crippen molar-refractivity contribution >= 4 is 40.8 Å². The number of hydrogen-bond donors (Lipinski definition) is 0. The smallest absolute Gasteiger partial charge is 0.338 e. The van der Waals surface area contributed by atoms with Crippen molar-refractivity contribution in [2.75, 3.05) is 6.61 Å². The second-order valence-electron chi connectivity index (χ2n) is 2.50. The van der Waals surface area contributed by atoms with Crippen LogP contribution in [0.5, 0.6) is 0 Å².